The molecule has 0 bridgehead atoms. The highest BCUT2D eigenvalue weighted by Crippen LogP contribution is 2.23. The zero-order valence-corrected chi connectivity index (χ0v) is 16.5. The van der Waals surface area contributed by atoms with E-state index in [1.807, 2.05) is 13.8 Å². The Balaban J connectivity index is 1.62. The SMILES string of the molecule is CC(C)NC(=O)c1ccc(OC[C@@H]2CCCN2C(=O)c2cc(F)ccc2F)cc1. The second-order valence-corrected chi connectivity index (χ2v) is 7.38. The fraction of sp³-hybridized carbons (Fsp3) is 0.364. The van der Waals surface area contributed by atoms with Gasteiger partial charge in [0.15, 0.2) is 0 Å². The van der Waals surface area contributed by atoms with Gasteiger partial charge in [-0.3, -0.25) is 9.59 Å². The topological polar surface area (TPSA) is 58.6 Å². The molecule has 1 N–H and O–H groups in total. The molecule has 0 aliphatic carbocycles. The standard InChI is InChI=1S/C22H24F2N2O3/c1-14(2)25-21(27)15-5-8-18(9-6-15)29-13-17-4-3-11-26(17)22(28)19-12-16(23)7-10-20(19)24/h5-10,12,14,17H,3-4,11,13H2,1-2H3,(H,25,27)/t17-/m0/s1. The molecule has 2 amide bonds. The van der Waals surface area contributed by atoms with Crippen molar-refractivity contribution in [1.82, 2.24) is 10.2 Å². The first-order valence-corrected chi connectivity index (χ1v) is 9.65. The maximum Gasteiger partial charge on any atom is 0.257 e. The molecule has 3 rings (SSSR count). The number of carbonyl (C=O) groups is 2. The van der Waals surface area contributed by atoms with Gasteiger partial charge in [0.2, 0.25) is 0 Å². The lowest BCUT2D eigenvalue weighted by Crippen LogP contribution is -2.39. The quantitative estimate of drug-likeness (QED) is 0.800. The third-order valence-corrected chi connectivity index (χ3v) is 4.78. The van der Waals surface area contributed by atoms with Crippen LogP contribution in [0.2, 0.25) is 0 Å². The molecule has 1 saturated heterocycles. The molecule has 0 saturated carbocycles. The Morgan fingerprint density at radius 2 is 1.90 bits per heavy atom. The molecular weight excluding hydrogens is 378 g/mol. The van der Waals surface area contributed by atoms with Crippen molar-refractivity contribution in [3.8, 4) is 5.75 Å². The average Bonchev–Trinajstić information content (AvgIpc) is 3.16. The van der Waals surface area contributed by atoms with Crippen molar-refractivity contribution >= 4 is 11.8 Å². The maximum atomic E-state index is 14.0. The summed E-state index contributed by atoms with van der Waals surface area (Å²) < 4.78 is 33.2. The number of amides is 2. The van der Waals surface area contributed by atoms with Gasteiger partial charge in [0.1, 0.15) is 24.0 Å². The van der Waals surface area contributed by atoms with Crippen LogP contribution >= 0.6 is 0 Å². The molecule has 7 heteroatoms. The van der Waals surface area contributed by atoms with Crippen molar-refractivity contribution in [2.45, 2.75) is 38.8 Å². The van der Waals surface area contributed by atoms with Crippen LogP contribution in [0.15, 0.2) is 42.5 Å². The summed E-state index contributed by atoms with van der Waals surface area (Å²) in [6.45, 7) is 4.48. The van der Waals surface area contributed by atoms with Crippen molar-refractivity contribution in [2.75, 3.05) is 13.2 Å². The van der Waals surface area contributed by atoms with Gasteiger partial charge in [-0.05, 0) is 69.2 Å². The van der Waals surface area contributed by atoms with Crippen LogP contribution < -0.4 is 10.1 Å². The van der Waals surface area contributed by atoms with Crippen molar-refractivity contribution in [2.24, 2.45) is 0 Å². The first kappa shape index (κ1) is 20.8. The van der Waals surface area contributed by atoms with Crippen molar-refractivity contribution in [3.05, 3.63) is 65.2 Å². The van der Waals surface area contributed by atoms with Gasteiger partial charge in [-0.1, -0.05) is 0 Å². The summed E-state index contributed by atoms with van der Waals surface area (Å²) in [5, 5.41) is 2.82. The predicted octanol–water partition coefficient (Wildman–Crippen LogP) is 3.79. The minimum absolute atomic E-state index is 0.0484. The highest BCUT2D eigenvalue weighted by Gasteiger charge is 2.31. The number of nitrogens with zero attached hydrogens (tertiary/aromatic N) is 1. The number of hydrogen-bond acceptors (Lipinski definition) is 3. The lowest BCUT2D eigenvalue weighted by atomic mass is 10.1. The fourth-order valence-corrected chi connectivity index (χ4v) is 3.33. The minimum atomic E-state index is -0.738. The van der Waals surface area contributed by atoms with E-state index in [1.165, 1.54) is 4.90 Å². The van der Waals surface area contributed by atoms with Crippen molar-refractivity contribution in [1.29, 1.82) is 0 Å². The van der Waals surface area contributed by atoms with Crippen LogP contribution in [0.4, 0.5) is 8.78 Å². The second-order valence-electron chi connectivity index (χ2n) is 7.38. The highest BCUT2D eigenvalue weighted by molar-refractivity contribution is 5.95. The lowest BCUT2D eigenvalue weighted by molar-refractivity contribution is 0.0686. The van der Waals surface area contributed by atoms with E-state index in [1.54, 1.807) is 24.3 Å². The Bertz CT molecular complexity index is 884. The largest absolute Gasteiger partial charge is 0.491 e. The first-order chi connectivity index (χ1) is 13.8. The summed E-state index contributed by atoms with van der Waals surface area (Å²) in [7, 11) is 0. The number of rotatable bonds is 6. The van der Waals surface area contributed by atoms with E-state index >= 15 is 0 Å². The predicted molar refractivity (Wildman–Crippen MR) is 105 cm³/mol. The Morgan fingerprint density at radius 1 is 1.17 bits per heavy atom. The number of carbonyl (C=O) groups excluding carboxylic acids is 2. The number of benzene rings is 2. The minimum Gasteiger partial charge on any atom is -0.491 e. The number of hydrogen-bond donors (Lipinski definition) is 1. The molecule has 1 atom stereocenters. The van der Waals surface area contributed by atoms with Crippen molar-refractivity contribution in [3.63, 3.8) is 0 Å². The summed E-state index contributed by atoms with van der Waals surface area (Å²) in [5.74, 6) is -1.51. The van der Waals surface area contributed by atoms with Crippen LogP contribution in [-0.2, 0) is 0 Å². The van der Waals surface area contributed by atoms with E-state index in [0.717, 1.165) is 31.0 Å². The summed E-state index contributed by atoms with van der Waals surface area (Å²) in [5.41, 5.74) is 0.266. The molecule has 2 aromatic rings. The average molecular weight is 402 g/mol. The van der Waals surface area contributed by atoms with Gasteiger partial charge in [0.25, 0.3) is 11.8 Å². The molecule has 29 heavy (non-hydrogen) atoms. The number of halogens is 2. The van der Waals surface area contributed by atoms with Crippen LogP contribution in [0.3, 0.4) is 0 Å². The van der Waals surface area contributed by atoms with Gasteiger partial charge in [0.05, 0.1) is 11.6 Å². The monoisotopic (exact) mass is 402 g/mol. The molecule has 2 aromatic carbocycles. The van der Waals surface area contributed by atoms with E-state index in [0.29, 0.717) is 17.9 Å². The molecule has 0 unspecified atom stereocenters. The first-order valence-electron chi connectivity index (χ1n) is 9.65. The normalized spacial score (nSPS) is 16.2. The molecule has 1 heterocycles. The molecule has 1 fully saturated rings. The number of nitrogens with one attached hydrogen (secondary N) is 1. The lowest BCUT2D eigenvalue weighted by Gasteiger charge is -2.25. The summed E-state index contributed by atoms with van der Waals surface area (Å²) in [4.78, 5) is 26.2. The fourth-order valence-electron chi connectivity index (χ4n) is 3.33. The maximum absolute atomic E-state index is 14.0. The van der Waals surface area contributed by atoms with Gasteiger partial charge in [-0.2, -0.15) is 0 Å². The smallest absolute Gasteiger partial charge is 0.257 e. The zero-order chi connectivity index (χ0) is 21.0. The van der Waals surface area contributed by atoms with Crippen LogP contribution in [0.5, 0.6) is 5.75 Å². The zero-order valence-electron chi connectivity index (χ0n) is 16.5. The van der Waals surface area contributed by atoms with Crippen LogP contribution in [0.25, 0.3) is 0 Å². The van der Waals surface area contributed by atoms with Crippen LogP contribution in [0.1, 0.15) is 47.4 Å². The van der Waals surface area contributed by atoms with Gasteiger partial charge < -0.3 is 15.0 Å². The van der Waals surface area contributed by atoms with Gasteiger partial charge in [0, 0.05) is 18.2 Å². The summed E-state index contributed by atoms with van der Waals surface area (Å²) in [6.07, 6.45) is 1.49. The van der Waals surface area contributed by atoms with E-state index in [2.05, 4.69) is 5.32 Å². The summed E-state index contributed by atoms with van der Waals surface area (Å²) >= 11 is 0. The van der Waals surface area contributed by atoms with Crippen molar-refractivity contribution < 1.29 is 23.1 Å². The van der Waals surface area contributed by atoms with E-state index < -0.39 is 17.5 Å². The summed E-state index contributed by atoms with van der Waals surface area (Å²) in [6, 6.07) is 9.43. The second kappa shape index (κ2) is 9.03. The van der Waals surface area contributed by atoms with Gasteiger partial charge in [-0.15, -0.1) is 0 Å². The van der Waals surface area contributed by atoms with E-state index in [9.17, 15) is 18.4 Å². The number of ether oxygens (including phenoxy) is 1. The van der Waals surface area contributed by atoms with Crippen LogP contribution in [-0.4, -0.2) is 41.9 Å². The molecule has 1 aliphatic heterocycles. The molecule has 0 spiro atoms. The molecular formula is C22H24F2N2O3. The Labute approximate surface area is 168 Å². The molecule has 0 radical (unpaired) electrons. The van der Waals surface area contributed by atoms with Crippen LogP contribution in [0, 0.1) is 11.6 Å². The molecule has 1 aliphatic rings. The third kappa shape index (κ3) is 5.10. The van der Waals surface area contributed by atoms with Gasteiger partial charge in [-0.25, -0.2) is 8.78 Å². The van der Waals surface area contributed by atoms with E-state index in [4.69, 9.17) is 4.74 Å². The molecule has 154 valence electrons. The highest BCUT2D eigenvalue weighted by atomic mass is 19.1. The number of likely N-dealkylation sites (tertiary alicyclic amines) is 1. The Kier molecular flexibility index (Phi) is 6.46. The Hall–Kier alpha value is -2.96. The Morgan fingerprint density at radius 3 is 2.59 bits per heavy atom. The molecule has 5 nitrogen and oxygen atoms in total. The van der Waals surface area contributed by atoms with Gasteiger partial charge >= 0.3 is 0 Å². The molecule has 0 aromatic heterocycles. The third-order valence-electron chi connectivity index (χ3n) is 4.78. The van der Waals surface area contributed by atoms with E-state index in [-0.39, 0.29) is 30.2 Å².